The topological polar surface area (TPSA) is 35.5 Å². The Bertz CT molecular complexity index is 501. The van der Waals surface area contributed by atoms with Crippen molar-refractivity contribution in [1.82, 2.24) is 0 Å². The van der Waals surface area contributed by atoms with Crippen LogP contribution in [0.3, 0.4) is 0 Å². The average molecular weight is 288 g/mol. The van der Waals surface area contributed by atoms with Gasteiger partial charge in [0.1, 0.15) is 5.75 Å². The molecular formula is C14H15F3O3. The van der Waals surface area contributed by atoms with E-state index in [-0.39, 0.29) is 12.4 Å². The molecule has 20 heavy (non-hydrogen) atoms. The first-order valence-corrected chi connectivity index (χ1v) is 5.95. The first kappa shape index (κ1) is 16.1. The zero-order chi connectivity index (χ0) is 15.3. The number of rotatable bonds is 4. The summed E-state index contributed by atoms with van der Waals surface area (Å²) in [5, 5.41) is 0. The number of carbonyl (C=O) groups is 1. The molecule has 0 saturated heterocycles. The average Bonchev–Trinajstić information content (AvgIpc) is 2.36. The maximum absolute atomic E-state index is 12.0. The van der Waals surface area contributed by atoms with Crippen molar-refractivity contribution in [3.63, 3.8) is 0 Å². The van der Waals surface area contributed by atoms with Gasteiger partial charge in [0.25, 0.3) is 0 Å². The minimum atomic E-state index is -4.72. The third-order valence-corrected chi connectivity index (χ3v) is 2.67. The van der Waals surface area contributed by atoms with E-state index >= 15 is 0 Å². The molecule has 0 spiro atoms. The van der Waals surface area contributed by atoms with E-state index in [1.165, 1.54) is 24.3 Å². The minimum absolute atomic E-state index is 0.266. The lowest BCUT2D eigenvalue weighted by atomic mass is 10.0. The van der Waals surface area contributed by atoms with Crippen LogP contribution in [0.1, 0.15) is 26.3 Å². The summed E-state index contributed by atoms with van der Waals surface area (Å²) in [5.74, 6) is -0.747. The van der Waals surface area contributed by atoms with Gasteiger partial charge in [-0.1, -0.05) is 12.1 Å². The molecule has 6 heteroatoms. The van der Waals surface area contributed by atoms with E-state index in [1.807, 2.05) is 0 Å². The number of halogens is 3. The molecule has 0 N–H and O–H groups in total. The number of benzene rings is 1. The number of carbonyl (C=O) groups excluding carboxylic acids is 1. The maximum atomic E-state index is 12.0. The molecular weight excluding hydrogens is 273 g/mol. The quantitative estimate of drug-likeness (QED) is 0.622. The molecule has 0 aliphatic heterocycles. The Morgan fingerprint density at radius 3 is 2.15 bits per heavy atom. The second-order valence-corrected chi connectivity index (χ2v) is 4.04. The summed E-state index contributed by atoms with van der Waals surface area (Å²) >= 11 is 0. The van der Waals surface area contributed by atoms with E-state index in [9.17, 15) is 18.0 Å². The lowest BCUT2D eigenvalue weighted by molar-refractivity contribution is -0.274. The molecule has 0 fully saturated rings. The highest BCUT2D eigenvalue weighted by molar-refractivity contribution is 5.96. The van der Waals surface area contributed by atoms with Crippen molar-refractivity contribution in [2.75, 3.05) is 6.61 Å². The van der Waals surface area contributed by atoms with E-state index in [0.717, 1.165) is 0 Å². The molecule has 1 rings (SSSR count). The van der Waals surface area contributed by atoms with Gasteiger partial charge in [-0.2, -0.15) is 0 Å². The third kappa shape index (κ3) is 4.60. The minimum Gasteiger partial charge on any atom is -0.463 e. The molecule has 1 aromatic carbocycles. The zero-order valence-corrected chi connectivity index (χ0v) is 11.4. The highest BCUT2D eigenvalue weighted by Gasteiger charge is 2.30. The molecule has 0 unspecified atom stereocenters. The summed E-state index contributed by atoms with van der Waals surface area (Å²) in [6, 6.07) is 5.31. The molecule has 0 aliphatic rings. The van der Waals surface area contributed by atoms with Crippen LogP contribution in [-0.4, -0.2) is 18.9 Å². The molecule has 1 aromatic rings. The van der Waals surface area contributed by atoms with Crippen LogP contribution in [0.2, 0.25) is 0 Å². The summed E-state index contributed by atoms with van der Waals surface area (Å²) in [7, 11) is 0. The number of allylic oxidation sites excluding steroid dienone is 1. The number of ether oxygens (including phenoxy) is 2. The van der Waals surface area contributed by atoms with Crippen LogP contribution in [0.4, 0.5) is 13.2 Å². The van der Waals surface area contributed by atoms with E-state index < -0.39 is 12.3 Å². The Balaban J connectivity index is 2.93. The number of hydrogen-bond donors (Lipinski definition) is 0. The van der Waals surface area contributed by atoms with E-state index in [1.54, 1.807) is 20.8 Å². The van der Waals surface area contributed by atoms with Gasteiger partial charge in [0, 0.05) is 5.57 Å². The van der Waals surface area contributed by atoms with Crippen LogP contribution < -0.4 is 4.74 Å². The largest absolute Gasteiger partial charge is 0.573 e. The Kier molecular flexibility index (Phi) is 5.19. The summed E-state index contributed by atoms with van der Waals surface area (Å²) in [6.45, 7) is 5.27. The zero-order valence-electron chi connectivity index (χ0n) is 11.4. The van der Waals surface area contributed by atoms with Gasteiger partial charge >= 0.3 is 12.3 Å². The molecule has 0 aromatic heterocycles. The van der Waals surface area contributed by atoms with Gasteiger partial charge in [-0.25, -0.2) is 4.79 Å². The predicted molar refractivity (Wildman–Crippen MR) is 68.0 cm³/mol. The van der Waals surface area contributed by atoms with Crippen LogP contribution >= 0.6 is 0 Å². The summed E-state index contributed by atoms with van der Waals surface area (Å²) < 4.78 is 44.7. The van der Waals surface area contributed by atoms with Crippen molar-refractivity contribution in [3.05, 3.63) is 35.4 Å². The Morgan fingerprint density at radius 1 is 1.15 bits per heavy atom. The maximum Gasteiger partial charge on any atom is 0.573 e. The highest BCUT2D eigenvalue weighted by Crippen LogP contribution is 2.25. The molecule has 0 aliphatic carbocycles. The number of alkyl halides is 3. The third-order valence-electron chi connectivity index (χ3n) is 2.67. The van der Waals surface area contributed by atoms with Gasteiger partial charge < -0.3 is 9.47 Å². The molecule has 110 valence electrons. The van der Waals surface area contributed by atoms with Crippen LogP contribution in [0.5, 0.6) is 5.75 Å². The Labute approximate surface area is 115 Å². The number of esters is 1. The lowest BCUT2D eigenvalue weighted by Crippen LogP contribution is -2.17. The smallest absolute Gasteiger partial charge is 0.463 e. The predicted octanol–water partition coefficient (Wildman–Crippen LogP) is 3.94. The van der Waals surface area contributed by atoms with Crippen LogP contribution in [-0.2, 0) is 9.53 Å². The molecule has 0 atom stereocenters. The van der Waals surface area contributed by atoms with Crippen molar-refractivity contribution < 1.29 is 27.4 Å². The lowest BCUT2D eigenvalue weighted by Gasteiger charge is -2.10. The fourth-order valence-corrected chi connectivity index (χ4v) is 1.52. The van der Waals surface area contributed by atoms with E-state index in [4.69, 9.17) is 4.74 Å². The second kappa shape index (κ2) is 6.45. The SMILES string of the molecule is CCOC(=O)/C(C)=C(/C)c1ccc(OC(F)(F)F)cc1. The van der Waals surface area contributed by atoms with Gasteiger partial charge in [0.15, 0.2) is 0 Å². The van der Waals surface area contributed by atoms with Crippen molar-refractivity contribution >= 4 is 11.5 Å². The van der Waals surface area contributed by atoms with Gasteiger partial charge in [0.05, 0.1) is 6.61 Å². The number of hydrogen-bond acceptors (Lipinski definition) is 3. The van der Waals surface area contributed by atoms with Gasteiger partial charge in [-0.05, 0) is 44.0 Å². The molecule has 3 nitrogen and oxygen atoms in total. The van der Waals surface area contributed by atoms with Crippen molar-refractivity contribution in [2.24, 2.45) is 0 Å². The van der Waals surface area contributed by atoms with Crippen LogP contribution in [0.25, 0.3) is 5.57 Å². The molecule has 0 heterocycles. The summed E-state index contributed by atoms with van der Waals surface area (Å²) in [6.07, 6.45) is -4.72. The Hall–Kier alpha value is -1.98. The van der Waals surface area contributed by atoms with E-state index in [0.29, 0.717) is 16.7 Å². The first-order chi connectivity index (χ1) is 9.24. The second-order valence-electron chi connectivity index (χ2n) is 4.04. The van der Waals surface area contributed by atoms with Crippen LogP contribution in [0, 0.1) is 0 Å². The van der Waals surface area contributed by atoms with Crippen molar-refractivity contribution in [1.29, 1.82) is 0 Å². The summed E-state index contributed by atoms with van der Waals surface area (Å²) in [4.78, 5) is 11.6. The van der Waals surface area contributed by atoms with Crippen LogP contribution in [0.15, 0.2) is 29.8 Å². The fourth-order valence-electron chi connectivity index (χ4n) is 1.52. The van der Waals surface area contributed by atoms with Crippen molar-refractivity contribution in [3.8, 4) is 5.75 Å². The first-order valence-electron chi connectivity index (χ1n) is 5.95. The summed E-state index contributed by atoms with van der Waals surface area (Å²) in [5.41, 5.74) is 1.68. The fraction of sp³-hybridized carbons (Fsp3) is 0.357. The van der Waals surface area contributed by atoms with Gasteiger partial charge in [0.2, 0.25) is 0 Å². The molecule has 0 radical (unpaired) electrons. The highest BCUT2D eigenvalue weighted by atomic mass is 19.4. The van der Waals surface area contributed by atoms with E-state index in [2.05, 4.69) is 4.74 Å². The molecule has 0 saturated carbocycles. The van der Waals surface area contributed by atoms with Gasteiger partial charge in [-0.3, -0.25) is 0 Å². The standard InChI is InChI=1S/C14H15F3O3/c1-4-19-13(18)10(3)9(2)11-5-7-12(8-6-11)20-14(15,16)17/h5-8H,4H2,1-3H3/b10-9-. The Morgan fingerprint density at radius 2 is 1.70 bits per heavy atom. The van der Waals surface area contributed by atoms with Crippen molar-refractivity contribution in [2.45, 2.75) is 27.1 Å². The normalized spacial score (nSPS) is 12.7. The van der Waals surface area contributed by atoms with Gasteiger partial charge in [-0.15, -0.1) is 13.2 Å². The monoisotopic (exact) mass is 288 g/mol. The molecule has 0 bridgehead atoms. The molecule has 0 amide bonds.